The summed E-state index contributed by atoms with van der Waals surface area (Å²) in [6.45, 7) is 2.11. The summed E-state index contributed by atoms with van der Waals surface area (Å²) in [5, 5.41) is 0. The predicted octanol–water partition coefficient (Wildman–Crippen LogP) is -0.811. The van der Waals surface area contributed by atoms with Crippen LogP contribution in [-0.4, -0.2) is 24.5 Å². The summed E-state index contributed by atoms with van der Waals surface area (Å²) in [6.07, 6.45) is 1.07. The highest BCUT2D eigenvalue weighted by molar-refractivity contribution is 5.85. The van der Waals surface area contributed by atoms with Gasteiger partial charge in [0.2, 0.25) is 11.8 Å². The summed E-state index contributed by atoms with van der Waals surface area (Å²) in [5.41, 5.74) is 4.62. The van der Waals surface area contributed by atoms with E-state index in [0.29, 0.717) is 5.92 Å². The van der Waals surface area contributed by atoms with Gasteiger partial charge in [0.25, 0.3) is 0 Å². The van der Waals surface area contributed by atoms with Gasteiger partial charge in [-0.2, -0.15) is 0 Å². The van der Waals surface area contributed by atoms with E-state index in [1.807, 2.05) is 0 Å². The van der Waals surface area contributed by atoms with Crippen molar-refractivity contribution >= 4 is 11.8 Å². The van der Waals surface area contributed by atoms with Crippen LogP contribution >= 0.6 is 0 Å². The molecule has 1 aliphatic heterocycles. The third-order valence-electron chi connectivity index (χ3n) is 2.52. The highest BCUT2D eigenvalue weighted by Crippen LogP contribution is 2.48. The average molecular weight is 184 g/mol. The van der Waals surface area contributed by atoms with E-state index in [-0.39, 0.29) is 23.8 Å². The number of hydrazine groups is 1. The Morgan fingerprint density at radius 2 is 2.15 bits per heavy atom. The molecule has 13 heavy (non-hydrogen) atoms. The Bertz CT molecular complexity index is 244. The fourth-order valence-electron chi connectivity index (χ4n) is 1.83. The Hall–Kier alpha value is -1.10. The van der Waals surface area contributed by atoms with Crippen LogP contribution in [0.25, 0.3) is 0 Å². The van der Waals surface area contributed by atoms with E-state index in [1.54, 1.807) is 0 Å². The van der Waals surface area contributed by atoms with Crippen molar-refractivity contribution < 1.29 is 14.3 Å². The van der Waals surface area contributed by atoms with Gasteiger partial charge in [0, 0.05) is 19.4 Å². The number of hydrogen-bond acceptors (Lipinski definition) is 3. The molecule has 1 saturated carbocycles. The van der Waals surface area contributed by atoms with Gasteiger partial charge in [0.1, 0.15) is 0 Å². The Balaban J connectivity index is 1.77. The highest BCUT2D eigenvalue weighted by Gasteiger charge is 2.58. The largest absolute Gasteiger partial charge is 0.377 e. The summed E-state index contributed by atoms with van der Waals surface area (Å²) >= 11 is 0. The molecule has 2 N–H and O–H groups in total. The first-order chi connectivity index (χ1) is 6.20. The van der Waals surface area contributed by atoms with Gasteiger partial charge in [-0.05, 0) is 6.42 Å². The maximum atomic E-state index is 11.3. The quantitative estimate of drug-likeness (QED) is 0.524. The summed E-state index contributed by atoms with van der Waals surface area (Å²) < 4.78 is 5.29. The molecule has 0 aromatic heterocycles. The molecule has 2 amide bonds. The number of carbonyl (C=O) groups is 2. The van der Waals surface area contributed by atoms with E-state index in [4.69, 9.17) is 4.74 Å². The zero-order valence-electron chi connectivity index (χ0n) is 7.37. The first kappa shape index (κ1) is 8.50. The molecule has 72 valence electrons. The van der Waals surface area contributed by atoms with Gasteiger partial charge in [-0.1, -0.05) is 0 Å². The number of nitrogens with one attached hydrogen (secondary N) is 2. The van der Waals surface area contributed by atoms with Crippen molar-refractivity contribution in [2.75, 3.05) is 6.61 Å². The smallest absolute Gasteiger partial charge is 0.244 e. The molecule has 2 aliphatic rings. The lowest BCUT2D eigenvalue weighted by atomic mass is 10.2. The Morgan fingerprint density at radius 1 is 1.38 bits per heavy atom. The number of ether oxygens (including phenoxy) is 1. The summed E-state index contributed by atoms with van der Waals surface area (Å²) in [6, 6.07) is 0. The minimum absolute atomic E-state index is 0.0411. The van der Waals surface area contributed by atoms with Crippen molar-refractivity contribution in [3.05, 3.63) is 0 Å². The monoisotopic (exact) mass is 184 g/mol. The zero-order valence-corrected chi connectivity index (χ0v) is 7.37. The van der Waals surface area contributed by atoms with Crippen LogP contribution in [0.1, 0.15) is 13.3 Å². The van der Waals surface area contributed by atoms with Crippen LogP contribution in [0.2, 0.25) is 0 Å². The molecule has 1 saturated heterocycles. The molecule has 2 rings (SSSR count). The maximum absolute atomic E-state index is 11.3. The van der Waals surface area contributed by atoms with Gasteiger partial charge in [0.15, 0.2) is 0 Å². The summed E-state index contributed by atoms with van der Waals surface area (Å²) in [7, 11) is 0. The lowest BCUT2D eigenvalue weighted by Crippen LogP contribution is -2.42. The van der Waals surface area contributed by atoms with Gasteiger partial charge >= 0.3 is 0 Å². The fourth-order valence-corrected chi connectivity index (χ4v) is 1.83. The molecule has 5 heteroatoms. The summed E-state index contributed by atoms with van der Waals surface area (Å²) in [4.78, 5) is 21.8. The van der Waals surface area contributed by atoms with Crippen LogP contribution in [0, 0.1) is 11.8 Å². The van der Waals surface area contributed by atoms with E-state index >= 15 is 0 Å². The second-order valence-corrected chi connectivity index (χ2v) is 3.48. The van der Waals surface area contributed by atoms with Crippen LogP contribution in [-0.2, 0) is 14.3 Å². The minimum atomic E-state index is -0.264. The van der Waals surface area contributed by atoms with Crippen molar-refractivity contribution in [1.82, 2.24) is 10.9 Å². The number of fused-ring (bicyclic) bond motifs is 1. The average Bonchev–Trinajstić information content (AvgIpc) is 2.56. The zero-order chi connectivity index (χ0) is 9.42. The van der Waals surface area contributed by atoms with E-state index in [1.165, 1.54) is 6.92 Å². The van der Waals surface area contributed by atoms with Crippen molar-refractivity contribution in [1.29, 1.82) is 0 Å². The van der Waals surface area contributed by atoms with Crippen molar-refractivity contribution in [3.63, 3.8) is 0 Å². The number of amides is 2. The molecule has 5 nitrogen and oxygen atoms in total. The SMILES string of the molecule is CC(=O)NNC(=O)C1C2CCOC21. The van der Waals surface area contributed by atoms with E-state index < -0.39 is 0 Å². The van der Waals surface area contributed by atoms with Crippen molar-refractivity contribution in [2.24, 2.45) is 11.8 Å². The standard InChI is InChI=1S/C8H12N2O3/c1-4(11)9-10-8(12)6-5-2-3-13-7(5)6/h5-7H,2-3H2,1H3,(H,9,11)(H,10,12). The first-order valence-corrected chi connectivity index (χ1v) is 4.38. The van der Waals surface area contributed by atoms with Crippen molar-refractivity contribution in [3.8, 4) is 0 Å². The molecule has 0 spiro atoms. The van der Waals surface area contributed by atoms with Crippen LogP contribution < -0.4 is 10.9 Å². The van der Waals surface area contributed by atoms with Crippen LogP contribution in [0.4, 0.5) is 0 Å². The van der Waals surface area contributed by atoms with Gasteiger partial charge in [0.05, 0.1) is 12.0 Å². The first-order valence-electron chi connectivity index (χ1n) is 4.38. The van der Waals surface area contributed by atoms with Crippen LogP contribution in [0.5, 0.6) is 0 Å². The molecular formula is C8H12N2O3. The van der Waals surface area contributed by atoms with E-state index in [9.17, 15) is 9.59 Å². The second-order valence-electron chi connectivity index (χ2n) is 3.48. The maximum Gasteiger partial charge on any atom is 0.244 e. The number of rotatable bonds is 1. The van der Waals surface area contributed by atoms with Crippen LogP contribution in [0.15, 0.2) is 0 Å². The van der Waals surface area contributed by atoms with Crippen molar-refractivity contribution in [2.45, 2.75) is 19.4 Å². The topological polar surface area (TPSA) is 67.4 Å². The van der Waals surface area contributed by atoms with Crippen LogP contribution in [0.3, 0.4) is 0 Å². The predicted molar refractivity (Wildman–Crippen MR) is 43.3 cm³/mol. The Morgan fingerprint density at radius 3 is 2.69 bits per heavy atom. The third-order valence-corrected chi connectivity index (χ3v) is 2.52. The molecule has 3 atom stereocenters. The van der Waals surface area contributed by atoms with Gasteiger partial charge in [-0.25, -0.2) is 0 Å². The molecule has 0 radical (unpaired) electrons. The lowest BCUT2D eigenvalue weighted by Gasteiger charge is -2.05. The molecule has 1 aliphatic carbocycles. The van der Waals surface area contributed by atoms with E-state index in [2.05, 4.69) is 10.9 Å². The second kappa shape index (κ2) is 2.99. The summed E-state index contributed by atoms with van der Waals surface area (Å²) in [5.74, 6) is -0.0562. The molecular weight excluding hydrogens is 172 g/mol. The van der Waals surface area contributed by atoms with Gasteiger partial charge in [-0.15, -0.1) is 0 Å². The third kappa shape index (κ3) is 1.51. The Labute approximate surface area is 75.8 Å². The Kier molecular flexibility index (Phi) is 1.95. The van der Waals surface area contributed by atoms with Gasteiger partial charge in [-0.3, -0.25) is 20.4 Å². The molecule has 0 aromatic rings. The molecule has 0 aromatic carbocycles. The molecule has 3 unspecified atom stereocenters. The molecule has 2 fully saturated rings. The minimum Gasteiger partial charge on any atom is -0.377 e. The fraction of sp³-hybridized carbons (Fsp3) is 0.750. The molecule has 1 heterocycles. The highest BCUT2D eigenvalue weighted by atomic mass is 16.5. The molecule has 0 bridgehead atoms. The lowest BCUT2D eigenvalue weighted by molar-refractivity contribution is -0.129. The van der Waals surface area contributed by atoms with Gasteiger partial charge < -0.3 is 4.74 Å². The number of carbonyl (C=O) groups excluding carboxylic acids is 2. The van der Waals surface area contributed by atoms with E-state index in [0.717, 1.165) is 13.0 Å². The normalized spacial score (nSPS) is 35.0. The number of hydrogen-bond donors (Lipinski definition) is 2.